The van der Waals surface area contributed by atoms with E-state index in [0.717, 1.165) is 30.3 Å². The normalized spacial score (nSPS) is 24.2. The van der Waals surface area contributed by atoms with Crippen molar-refractivity contribution >= 4 is 28.3 Å². The molecule has 33 heavy (non-hydrogen) atoms. The molecular formula is C26H27FN4O2. The Kier molecular flexibility index (Phi) is 5.48. The molecule has 170 valence electrons. The van der Waals surface area contributed by atoms with Crippen molar-refractivity contribution in [2.45, 2.75) is 32.3 Å². The standard InChI is InChI=1S/C26H27FN4O2/c1-3-18(26(32)31-24-7-4-15(13-30-24)14(2)28)25-19-11-17(12-20(19)25)33-23-8-9-29-22-6-5-16(27)10-21(22)23/h4-10,13,17-20,25H,2-3,11-12,28H2,1H3,(H,30,31,32)/t17?,18?,19-,20+,25?. The molecule has 6 nitrogen and oxygen atoms in total. The number of carbonyl (C=O) groups excluding carboxylic acids is 1. The minimum atomic E-state index is -0.302. The summed E-state index contributed by atoms with van der Waals surface area (Å²) in [6.07, 6.45) is 5.97. The Morgan fingerprint density at radius 1 is 1.24 bits per heavy atom. The van der Waals surface area contributed by atoms with Crippen molar-refractivity contribution in [3.05, 3.63) is 66.8 Å². The number of halogens is 1. The molecule has 2 aliphatic carbocycles. The number of rotatable bonds is 7. The second-order valence-corrected chi connectivity index (χ2v) is 9.05. The van der Waals surface area contributed by atoms with Gasteiger partial charge in [0, 0.05) is 35.0 Å². The van der Waals surface area contributed by atoms with Crippen LogP contribution in [0, 0.1) is 29.5 Å². The summed E-state index contributed by atoms with van der Waals surface area (Å²) >= 11 is 0. The van der Waals surface area contributed by atoms with Gasteiger partial charge in [-0.05, 0) is 73.4 Å². The summed E-state index contributed by atoms with van der Waals surface area (Å²) in [6.45, 7) is 5.75. The Morgan fingerprint density at radius 3 is 2.70 bits per heavy atom. The average molecular weight is 447 g/mol. The molecule has 1 amide bonds. The summed E-state index contributed by atoms with van der Waals surface area (Å²) in [5, 5.41) is 3.64. The second kappa shape index (κ2) is 8.46. The Hall–Kier alpha value is -3.48. The maximum absolute atomic E-state index is 13.7. The first kappa shape index (κ1) is 21.4. The molecule has 3 N–H and O–H groups in total. The highest BCUT2D eigenvalue weighted by molar-refractivity contribution is 5.92. The lowest BCUT2D eigenvalue weighted by Gasteiger charge is -2.21. The molecule has 3 unspecified atom stereocenters. The van der Waals surface area contributed by atoms with Crippen molar-refractivity contribution in [2.75, 3.05) is 5.32 Å². The van der Waals surface area contributed by atoms with Crippen LogP contribution < -0.4 is 15.8 Å². The zero-order valence-corrected chi connectivity index (χ0v) is 18.5. The third kappa shape index (κ3) is 4.15. The van der Waals surface area contributed by atoms with Crippen LogP contribution in [0.4, 0.5) is 10.2 Å². The number of hydrogen-bond donors (Lipinski definition) is 2. The molecule has 2 aliphatic rings. The molecule has 2 heterocycles. The number of anilines is 1. The van der Waals surface area contributed by atoms with Crippen molar-refractivity contribution < 1.29 is 13.9 Å². The molecule has 5 atom stereocenters. The van der Waals surface area contributed by atoms with Crippen LogP contribution in [0.1, 0.15) is 31.7 Å². The molecule has 5 rings (SSSR count). The highest BCUT2D eigenvalue weighted by Gasteiger charge is 2.60. The van der Waals surface area contributed by atoms with E-state index in [-0.39, 0.29) is 23.7 Å². The predicted molar refractivity (Wildman–Crippen MR) is 126 cm³/mol. The zero-order chi connectivity index (χ0) is 23.1. The summed E-state index contributed by atoms with van der Waals surface area (Å²) in [5.41, 5.74) is 7.58. The first-order valence-electron chi connectivity index (χ1n) is 11.4. The average Bonchev–Trinajstić information content (AvgIpc) is 3.27. The molecular weight excluding hydrogens is 419 g/mol. The topological polar surface area (TPSA) is 90.1 Å². The smallest absolute Gasteiger partial charge is 0.228 e. The van der Waals surface area contributed by atoms with Crippen molar-refractivity contribution in [1.82, 2.24) is 9.97 Å². The largest absolute Gasteiger partial charge is 0.490 e. The lowest BCUT2D eigenvalue weighted by molar-refractivity contribution is -0.121. The van der Waals surface area contributed by atoms with Gasteiger partial charge in [0.15, 0.2) is 0 Å². The first-order valence-corrected chi connectivity index (χ1v) is 11.4. The van der Waals surface area contributed by atoms with Crippen LogP contribution in [-0.4, -0.2) is 22.0 Å². The number of benzene rings is 1. The van der Waals surface area contributed by atoms with Gasteiger partial charge in [0.05, 0.1) is 11.6 Å². The van der Waals surface area contributed by atoms with Crippen LogP contribution in [0.2, 0.25) is 0 Å². The van der Waals surface area contributed by atoms with E-state index in [0.29, 0.717) is 40.4 Å². The van der Waals surface area contributed by atoms with E-state index in [2.05, 4.69) is 28.8 Å². The highest BCUT2D eigenvalue weighted by Crippen LogP contribution is 2.62. The molecule has 0 bridgehead atoms. The Morgan fingerprint density at radius 2 is 2.03 bits per heavy atom. The molecule has 1 aromatic carbocycles. The van der Waals surface area contributed by atoms with Gasteiger partial charge in [-0.15, -0.1) is 0 Å². The van der Waals surface area contributed by atoms with Crippen LogP contribution in [0.3, 0.4) is 0 Å². The van der Waals surface area contributed by atoms with Crippen molar-refractivity contribution in [1.29, 1.82) is 0 Å². The number of nitrogens with one attached hydrogen (secondary N) is 1. The number of amides is 1. The van der Waals surface area contributed by atoms with Crippen LogP contribution in [0.5, 0.6) is 5.75 Å². The fraction of sp³-hybridized carbons (Fsp3) is 0.346. The van der Waals surface area contributed by atoms with Crippen molar-refractivity contribution in [3.8, 4) is 5.75 Å². The fourth-order valence-corrected chi connectivity index (χ4v) is 5.42. The molecule has 3 aromatic rings. The van der Waals surface area contributed by atoms with Gasteiger partial charge >= 0.3 is 0 Å². The van der Waals surface area contributed by atoms with Gasteiger partial charge in [-0.2, -0.15) is 0 Å². The highest BCUT2D eigenvalue weighted by atomic mass is 19.1. The van der Waals surface area contributed by atoms with E-state index in [1.54, 1.807) is 36.7 Å². The van der Waals surface area contributed by atoms with E-state index >= 15 is 0 Å². The van der Waals surface area contributed by atoms with E-state index in [9.17, 15) is 9.18 Å². The summed E-state index contributed by atoms with van der Waals surface area (Å²) < 4.78 is 20.0. The summed E-state index contributed by atoms with van der Waals surface area (Å²) in [7, 11) is 0. The number of pyridine rings is 2. The quantitative estimate of drug-likeness (QED) is 0.546. The fourth-order valence-electron chi connectivity index (χ4n) is 5.42. The number of nitrogens with two attached hydrogens (primary N) is 1. The Bertz CT molecular complexity index is 1200. The molecule has 2 fully saturated rings. The molecule has 0 radical (unpaired) electrons. The summed E-state index contributed by atoms with van der Waals surface area (Å²) in [4.78, 5) is 21.5. The Labute approximate surface area is 192 Å². The third-order valence-corrected chi connectivity index (χ3v) is 7.05. The van der Waals surface area contributed by atoms with Crippen LogP contribution in [0.15, 0.2) is 55.4 Å². The van der Waals surface area contributed by atoms with Gasteiger partial charge in [0.25, 0.3) is 0 Å². The van der Waals surface area contributed by atoms with Crippen molar-refractivity contribution in [2.24, 2.45) is 29.4 Å². The minimum absolute atomic E-state index is 0.0109. The minimum Gasteiger partial charge on any atom is -0.490 e. The number of carbonyl (C=O) groups is 1. The maximum Gasteiger partial charge on any atom is 0.228 e. The molecule has 0 spiro atoms. The number of nitrogens with zero attached hydrogens (tertiary/aromatic N) is 2. The maximum atomic E-state index is 13.7. The monoisotopic (exact) mass is 446 g/mol. The molecule has 2 aromatic heterocycles. The number of hydrogen-bond acceptors (Lipinski definition) is 5. The number of ether oxygens (including phenoxy) is 1. The zero-order valence-electron chi connectivity index (χ0n) is 18.5. The summed E-state index contributed by atoms with van der Waals surface area (Å²) in [5.74, 6) is 2.17. The number of aromatic nitrogens is 2. The van der Waals surface area contributed by atoms with Crippen LogP contribution in [0.25, 0.3) is 16.6 Å². The van der Waals surface area contributed by atoms with Crippen molar-refractivity contribution in [3.63, 3.8) is 0 Å². The first-order chi connectivity index (χ1) is 15.9. The van der Waals surface area contributed by atoms with E-state index in [1.807, 2.05) is 0 Å². The molecule has 0 saturated heterocycles. The predicted octanol–water partition coefficient (Wildman–Crippen LogP) is 4.77. The van der Waals surface area contributed by atoms with Crippen LogP contribution >= 0.6 is 0 Å². The Balaban J connectivity index is 1.20. The summed E-state index contributed by atoms with van der Waals surface area (Å²) in [6, 6.07) is 9.88. The SMILES string of the molecule is C=C(N)c1ccc(NC(=O)C(CC)C2[C@H]3CC(Oc4ccnc5ccc(F)cc45)C[C@@H]23)nc1. The lowest BCUT2D eigenvalue weighted by atomic mass is 9.93. The van der Waals surface area contributed by atoms with Gasteiger partial charge in [-0.3, -0.25) is 9.78 Å². The van der Waals surface area contributed by atoms with E-state index in [4.69, 9.17) is 10.5 Å². The molecule has 2 saturated carbocycles. The van der Waals surface area contributed by atoms with Gasteiger partial charge in [-0.25, -0.2) is 9.37 Å². The van der Waals surface area contributed by atoms with Gasteiger partial charge in [0.1, 0.15) is 17.4 Å². The van der Waals surface area contributed by atoms with Gasteiger partial charge < -0.3 is 15.8 Å². The van der Waals surface area contributed by atoms with E-state index < -0.39 is 0 Å². The second-order valence-electron chi connectivity index (χ2n) is 9.05. The van der Waals surface area contributed by atoms with Gasteiger partial charge in [0.2, 0.25) is 5.91 Å². The molecule has 0 aliphatic heterocycles. The number of fused-ring (bicyclic) bond motifs is 2. The lowest BCUT2D eigenvalue weighted by Crippen LogP contribution is -2.27. The molecule has 7 heteroatoms. The van der Waals surface area contributed by atoms with Crippen LogP contribution in [-0.2, 0) is 4.79 Å². The third-order valence-electron chi connectivity index (χ3n) is 7.05. The van der Waals surface area contributed by atoms with Gasteiger partial charge in [-0.1, -0.05) is 13.5 Å². The van der Waals surface area contributed by atoms with E-state index in [1.165, 1.54) is 12.1 Å².